The number of nitrogens with zero attached hydrogens (tertiary/aromatic N) is 1. The van der Waals surface area contributed by atoms with Gasteiger partial charge < -0.3 is 14.4 Å². The predicted molar refractivity (Wildman–Crippen MR) is 64.9 cm³/mol. The van der Waals surface area contributed by atoms with Gasteiger partial charge in [0.15, 0.2) is 0 Å². The lowest BCUT2D eigenvalue weighted by Gasteiger charge is -2.32. The third-order valence-corrected chi connectivity index (χ3v) is 3.56. The number of piperidine rings is 1. The zero-order valence-electron chi connectivity index (χ0n) is 10.9. The first-order chi connectivity index (χ1) is 8.72. The maximum atomic E-state index is 12.2. The largest absolute Gasteiger partial charge is 0.466 e. The molecule has 0 aromatic carbocycles. The summed E-state index contributed by atoms with van der Waals surface area (Å²) in [7, 11) is 0. The first-order valence-electron chi connectivity index (χ1n) is 6.79. The number of hydrogen-bond acceptors (Lipinski definition) is 4. The SMILES string of the molecule is CCOC(=O)[C@H]1CCCN(C(=O)[C@H]2CCCO2)C1. The number of esters is 1. The molecule has 0 spiro atoms. The molecule has 2 fully saturated rings. The molecule has 0 unspecified atom stereocenters. The first-order valence-corrected chi connectivity index (χ1v) is 6.79. The molecule has 2 aliphatic heterocycles. The van der Waals surface area contributed by atoms with Gasteiger partial charge in [-0.25, -0.2) is 0 Å². The molecule has 2 heterocycles. The van der Waals surface area contributed by atoms with Crippen LogP contribution in [0.25, 0.3) is 0 Å². The fraction of sp³-hybridized carbons (Fsp3) is 0.846. The van der Waals surface area contributed by atoms with Crippen LogP contribution in [0.1, 0.15) is 32.6 Å². The number of hydrogen-bond donors (Lipinski definition) is 0. The van der Waals surface area contributed by atoms with Crippen LogP contribution >= 0.6 is 0 Å². The number of rotatable bonds is 3. The molecule has 0 saturated carbocycles. The number of ether oxygens (including phenoxy) is 2. The van der Waals surface area contributed by atoms with Crippen LogP contribution in [0.2, 0.25) is 0 Å². The lowest BCUT2D eigenvalue weighted by Crippen LogP contribution is -2.46. The molecule has 2 rings (SSSR count). The summed E-state index contributed by atoms with van der Waals surface area (Å²) in [4.78, 5) is 25.6. The normalized spacial score (nSPS) is 28.2. The first kappa shape index (κ1) is 13.3. The minimum Gasteiger partial charge on any atom is -0.466 e. The van der Waals surface area contributed by atoms with Crippen molar-refractivity contribution in [2.45, 2.75) is 38.7 Å². The van der Waals surface area contributed by atoms with E-state index in [1.54, 1.807) is 11.8 Å². The Kier molecular flexibility index (Phi) is 4.58. The molecule has 0 bridgehead atoms. The highest BCUT2D eigenvalue weighted by Gasteiger charge is 2.34. The van der Waals surface area contributed by atoms with Gasteiger partial charge in [0.1, 0.15) is 6.10 Å². The molecule has 2 aliphatic rings. The van der Waals surface area contributed by atoms with Crippen molar-refractivity contribution >= 4 is 11.9 Å². The van der Waals surface area contributed by atoms with Crippen LogP contribution in [0.4, 0.5) is 0 Å². The molecule has 0 aliphatic carbocycles. The van der Waals surface area contributed by atoms with Crippen LogP contribution in [-0.4, -0.2) is 49.2 Å². The molecule has 1 amide bonds. The molecule has 5 nitrogen and oxygen atoms in total. The summed E-state index contributed by atoms with van der Waals surface area (Å²) >= 11 is 0. The second-order valence-electron chi connectivity index (χ2n) is 4.88. The van der Waals surface area contributed by atoms with Gasteiger partial charge in [0.05, 0.1) is 12.5 Å². The van der Waals surface area contributed by atoms with Gasteiger partial charge in [-0.15, -0.1) is 0 Å². The number of carbonyl (C=O) groups is 2. The Balaban J connectivity index is 1.89. The van der Waals surface area contributed by atoms with Crippen LogP contribution in [0.5, 0.6) is 0 Å². The number of amides is 1. The Morgan fingerprint density at radius 2 is 2.17 bits per heavy atom. The molecule has 2 saturated heterocycles. The minimum absolute atomic E-state index is 0.0431. The smallest absolute Gasteiger partial charge is 0.310 e. The molecule has 0 aromatic heterocycles. The van der Waals surface area contributed by atoms with Gasteiger partial charge in [-0.3, -0.25) is 9.59 Å². The standard InChI is InChI=1S/C13H21NO4/c1-2-17-13(16)10-5-3-7-14(9-10)12(15)11-6-4-8-18-11/h10-11H,2-9H2,1H3/t10-,11+/m0/s1. The summed E-state index contributed by atoms with van der Waals surface area (Å²) in [6.07, 6.45) is 3.15. The highest BCUT2D eigenvalue weighted by Crippen LogP contribution is 2.21. The predicted octanol–water partition coefficient (Wildman–Crippen LogP) is 0.967. The Hall–Kier alpha value is -1.10. The molecule has 0 N–H and O–H groups in total. The van der Waals surface area contributed by atoms with Gasteiger partial charge in [-0.2, -0.15) is 0 Å². The minimum atomic E-state index is -0.286. The summed E-state index contributed by atoms with van der Waals surface area (Å²) in [6, 6.07) is 0. The highest BCUT2D eigenvalue weighted by molar-refractivity contribution is 5.82. The second kappa shape index (κ2) is 6.18. The molecule has 0 aromatic rings. The van der Waals surface area contributed by atoms with Crippen LogP contribution in [0.3, 0.4) is 0 Å². The van der Waals surface area contributed by atoms with E-state index in [1.807, 2.05) is 0 Å². The van der Waals surface area contributed by atoms with Gasteiger partial charge in [-0.05, 0) is 32.6 Å². The molecule has 102 valence electrons. The maximum absolute atomic E-state index is 12.2. The molecule has 2 atom stereocenters. The third-order valence-electron chi connectivity index (χ3n) is 3.56. The van der Waals surface area contributed by atoms with Gasteiger partial charge in [0.25, 0.3) is 5.91 Å². The topological polar surface area (TPSA) is 55.8 Å². The van der Waals surface area contributed by atoms with E-state index in [9.17, 15) is 9.59 Å². The maximum Gasteiger partial charge on any atom is 0.310 e. The van der Waals surface area contributed by atoms with Crippen molar-refractivity contribution in [2.75, 3.05) is 26.3 Å². The average Bonchev–Trinajstić information content (AvgIpc) is 2.92. The van der Waals surface area contributed by atoms with Crippen molar-refractivity contribution in [1.29, 1.82) is 0 Å². The molecule has 18 heavy (non-hydrogen) atoms. The number of carbonyl (C=O) groups excluding carboxylic acids is 2. The lowest BCUT2D eigenvalue weighted by molar-refractivity contribution is -0.153. The monoisotopic (exact) mass is 255 g/mol. The molecule has 5 heteroatoms. The third kappa shape index (κ3) is 3.02. The zero-order valence-corrected chi connectivity index (χ0v) is 10.9. The van der Waals surface area contributed by atoms with E-state index in [0.29, 0.717) is 19.8 Å². The van der Waals surface area contributed by atoms with Gasteiger partial charge >= 0.3 is 5.97 Å². The van der Waals surface area contributed by atoms with E-state index in [4.69, 9.17) is 9.47 Å². The lowest BCUT2D eigenvalue weighted by atomic mass is 9.97. The van der Waals surface area contributed by atoms with Crippen molar-refractivity contribution in [3.05, 3.63) is 0 Å². The highest BCUT2D eigenvalue weighted by atomic mass is 16.5. The Morgan fingerprint density at radius 1 is 1.33 bits per heavy atom. The van der Waals surface area contributed by atoms with Crippen LogP contribution in [0, 0.1) is 5.92 Å². The van der Waals surface area contributed by atoms with E-state index >= 15 is 0 Å². The molecular formula is C13H21NO4. The summed E-state index contributed by atoms with van der Waals surface area (Å²) in [6.45, 7) is 4.09. The van der Waals surface area contributed by atoms with Gasteiger partial charge in [0, 0.05) is 19.7 Å². The van der Waals surface area contributed by atoms with Crippen molar-refractivity contribution in [3.63, 3.8) is 0 Å². The van der Waals surface area contributed by atoms with E-state index in [0.717, 1.165) is 32.2 Å². The van der Waals surface area contributed by atoms with E-state index in [2.05, 4.69) is 0 Å². The average molecular weight is 255 g/mol. The van der Waals surface area contributed by atoms with Crippen molar-refractivity contribution < 1.29 is 19.1 Å². The fourth-order valence-electron chi connectivity index (χ4n) is 2.61. The number of likely N-dealkylation sites (tertiary alicyclic amines) is 1. The van der Waals surface area contributed by atoms with Crippen LogP contribution in [-0.2, 0) is 19.1 Å². The van der Waals surface area contributed by atoms with Gasteiger partial charge in [0.2, 0.25) is 0 Å². The Morgan fingerprint density at radius 3 is 2.83 bits per heavy atom. The zero-order chi connectivity index (χ0) is 13.0. The molecule has 0 radical (unpaired) electrons. The van der Waals surface area contributed by atoms with Crippen LogP contribution < -0.4 is 0 Å². The summed E-state index contributed by atoms with van der Waals surface area (Å²) < 4.78 is 10.4. The summed E-state index contributed by atoms with van der Waals surface area (Å²) in [5.41, 5.74) is 0. The summed E-state index contributed by atoms with van der Waals surface area (Å²) in [5.74, 6) is -0.298. The van der Waals surface area contributed by atoms with E-state index < -0.39 is 0 Å². The fourth-order valence-corrected chi connectivity index (χ4v) is 2.61. The van der Waals surface area contributed by atoms with Crippen molar-refractivity contribution in [3.8, 4) is 0 Å². The second-order valence-corrected chi connectivity index (χ2v) is 4.88. The quantitative estimate of drug-likeness (QED) is 0.705. The van der Waals surface area contributed by atoms with Crippen LogP contribution in [0.15, 0.2) is 0 Å². The Bertz CT molecular complexity index is 312. The molecular weight excluding hydrogens is 234 g/mol. The summed E-state index contributed by atoms with van der Waals surface area (Å²) in [5, 5.41) is 0. The Labute approximate surface area is 107 Å². The van der Waals surface area contributed by atoms with E-state index in [1.165, 1.54) is 0 Å². The van der Waals surface area contributed by atoms with Crippen molar-refractivity contribution in [1.82, 2.24) is 4.90 Å². The van der Waals surface area contributed by atoms with E-state index in [-0.39, 0.29) is 23.9 Å². The van der Waals surface area contributed by atoms with Crippen molar-refractivity contribution in [2.24, 2.45) is 5.92 Å². The van der Waals surface area contributed by atoms with Gasteiger partial charge in [-0.1, -0.05) is 0 Å².